The molecule has 0 amide bonds. The second kappa shape index (κ2) is 10.7. The molecule has 0 aliphatic heterocycles. The van der Waals surface area contributed by atoms with Crippen molar-refractivity contribution in [2.75, 3.05) is 26.9 Å². The maximum atomic E-state index is 5.71. The van der Waals surface area contributed by atoms with E-state index in [2.05, 4.69) is 83.7 Å². The largest absolute Gasteiger partial charge is 1.00 e. The van der Waals surface area contributed by atoms with E-state index in [4.69, 9.17) is 9.47 Å². The van der Waals surface area contributed by atoms with E-state index in [0.717, 1.165) is 6.54 Å². The van der Waals surface area contributed by atoms with Crippen molar-refractivity contribution in [3.8, 4) is 0 Å². The molecule has 0 aliphatic rings. The van der Waals surface area contributed by atoms with E-state index in [1.54, 1.807) is 7.11 Å². The first-order chi connectivity index (χ1) is 14.3. The summed E-state index contributed by atoms with van der Waals surface area (Å²) in [5.74, 6) is 0. The van der Waals surface area contributed by atoms with Gasteiger partial charge in [0, 0.05) is 47.6 Å². The fourth-order valence-corrected chi connectivity index (χ4v) is 3.63. The Bertz CT molecular complexity index is 1130. The number of fused-ring (bicyclic) bond motifs is 3. The molecule has 156 valence electrons. The van der Waals surface area contributed by atoms with Crippen LogP contribution in [-0.2, 0) is 23.1 Å². The minimum atomic E-state index is 0. The van der Waals surface area contributed by atoms with E-state index in [-0.39, 0.29) is 24.0 Å². The highest BCUT2D eigenvalue weighted by Gasteiger charge is 2.10. The van der Waals surface area contributed by atoms with Crippen molar-refractivity contribution >= 4 is 34.0 Å². The van der Waals surface area contributed by atoms with Crippen LogP contribution in [0.5, 0.6) is 0 Å². The summed E-state index contributed by atoms with van der Waals surface area (Å²) in [4.78, 5) is 0. The smallest absolute Gasteiger partial charge is 0.169 e. The Hall–Kier alpha value is -2.22. The number of ether oxygens (including phenoxy) is 2. The van der Waals surface area contributed by atoms with Gasteiger partial charge in [-0.25, -0.2) is 4.57 Å². The molecule has 0 radical (unpaired) electrons. The molecule has 5 heteroatoms. The van der Waals surface area contributed by atoms with Crippen LogP contribution in [0.15, 0.2) is 67.0 Å². The SMILES string of the molecule is COCCOCCn1c2ccccc2c2cc(/C=C/c3cc[n+](C)cc3)ccc21.[I-]. The normalized spacial score (nSPS) is 11.4. The summed E-state index contributed by atoms with van der Waals surface area (Å²) in [7, 11) is 3.72. The fourth-order valence-electron chi connectivity index (χ4n) is 3.63. The molecule has 0 aliphatic carbocycles. The molecule has 4 rings (SSSR count). The number of rotatable bonds is 8. The van der Waals surface area contributed by atoms with Crippen molar-refractivity contribution in [3.05, 3.63) is 78.1 Å². The number of nitrogens with zero attached hydrogens (tertiary/aromatic N) is 2. The standard InChI is InChI=1S/C25H27N2O2.HI/c1-26-13-11-20(12-14-26)7-8-21-9-10-25-23(19-21)22-5-3-4-6-24(22)27(25)15-16-29-18-17-28-2;/h3-14,19H,15-18H2,1-2H3;1H/q+1;/p-1. The van der Waals surface area contributed by atoms with Gasteiger partial charge in [-0.1, -0.05) is 36.4 Å². The molecule has 4 nitrogen and oxygen atoms in total. The van der Waals surface area contributed by atoms with Crippen LogP contribution in [0.3, 0.4) is 0 Å². The van der Waals surface area contributed by atoms with E-state index >= 15 is 0 Å². The van der Waals surface area contributed by atoms with Crippen LogP contribution in [-0.4, -0.2) is 31.5 Å². The van der Waals surface area contributed by atoms with Crippen molar-refractivity contribution < 1.29 is 38.0 Å². The van der Waals surface area contributed by atoms with Crippen LogP contribution >= 0.6 is 0 Å². The monoisotopic (exact) mass is 514 g/mol. The van der Waals surface area contributed by atoms with Gasteiger partial charge in [0.25, 0.3) is 0 Å². The first-order valence-electron chi connectivity index (χ1n) is 9.97. The van der Waals surface area contributed by atoms with Gasteiger partial charge in [-0.2, -0.15) is 0 Å². The summed E-state index contributed by atoms with van der Waals surface area (Å²) in [6.07, 6.45) is 8.45. The number of benzene rings is 2. The van der Waals surface area contributed by atoms with Crippen LogP contribution in [0, 0.1) is 0 Å². The lowest BCUT2D eigenvalue weighted by molar-refractivity contribution is -0.671. The first kappa shape index (κ1) is 22.5. The predicted molar refractivity (Wildman–Crippen MR) is 119 cm³/mol. The molecular weight excluding hydrogens is 487 g/mol. The molecule has 0 bridgehead atoms. The number of methoxy groups -OCH3 is 1. The van der Waals surface area contributed by atoms with Gasteiger partial charge < -0.3 is 38.0 Å². The molecule has 0 unspecified atom stereocenters. The third-order valence-electron chi connectivity index (χ3n) is 5.16. The quantitative estimate of drug-likeness (QED) is 0.202. The number of para-hydroxylation sites is 1. The summed E-state index contributed by atoms with van der Waals surface area (Å²) in [5, 5.41) is 2.56. The Morgan fingerprint density at radius 2 is 1.57 bits per heavy atom. The van der Waals surface area contributed by atoms with Gasteiger partial charge in [-0.15, -0.1) is 0 Å². The second-order valence-corrected chi connectivity index (χ2v) is 7.18. The molecule has 0 N–H and O–H groups in total. The van der Waals surface area contributed by atoms with Crippen LogP contribution in [0.25, 0.3) is 34.0 Å². The lowest BCUT2D eigenvalue weighted by Crippen LogP contribution is -3.00. The van der Waals surface area contributed by atoms with Gasteiger partial charge in [0.15, 0.2) is 12.4 Å². The lowest BCUT2D eigenvalue weighted by atomic mass is 10.1. The second-order valence-electron chi connectivity index (χ2n) is 7.18. The Labute approximate surface area is 194 Å². The highest BCUT2D eigenvalue weighted by atomic mass is 127. The van der Waals surface area contributed by atoms with Crippen molar-refractivity contribution in [2.45, 2.75) is 6.54 Å². The molecule has 30 heavy (non-hydrogen) atoms. The number of hydrogen-bond acceptors (Lipinski definition) is 2. The number of aryl methyl sites for hydroxylation is 1. The van der Waals surface area contributed by atoms with Crippen molar-refractivity contribution in [1.82, 2.24) is 4.57 Å². The zero-order chi connectivity index (χ0) is 20.1. The molecule has 0 fully saturated rings. The Morgan fingerprint density at radius 1 is 0.833 bits per heavy atom. The van der Waals surface area contributed by atoms with E-state index in [1.165, 1.54) is 32.9 Å². The molecule has 0 atom stereocenters. The molecular formula is C25H27IN2O2. The van der Waals surface area contributed by atoms with Gasteiger partial charge in [-0.05, 0) is 29.3 Å². The molecule has 2 heterocycles. The van der Waals surface area contributed by atoms with Crippen LogP contribution in [0.1, 0.15) is 11.1 Å². The van der Waals surface area contributed by atoms with Crippen LogP contribution in [0.4, 0.5) is 0 Å². The maximum absolute atomic E-state index is 5.71. The van der Waals surface area contributed by atoms with Crippen molar-refractivity contribution in [1.29, 1.82) is 0 Å². The number of aromatic nitrogens is 2. The van der Waals surface area contributed by atoms with E-state index in [0.29, 0.717) is 19.8 Å². The average Bonchev–Trinajstić information content (AvgIpc) is 3.06. The Kier molecular flexibility index (Phi) is 8.01. The lowest BCUT2D eigenvalue weighted by Gasteiger charge is -2.08. The van der Waals surface area contributed by atoms with E-state index in [1.807, 2.05) is 11.6 Å². The van der Waals surface area contributed by atoms with Crippen molar-refractivity contribution in [3.63, 3.8) is 0 Å². The summed E-state index contributed by atoms with van der Waals surface area (Å²) >= 11 is 0. The molecule has 0 saturated heterocycles. The minimum absolute atomic E-state index is 0. The van der Waals surface area contributed by atoms with E-state index in [9.17, 15) is 0 Å². The molecule has 0 spiro atoms. The van der Waals surface area contributed by atoms with Gasteiger partial charge in [0.2, 0.25) is 0 Å². The minimum Gasteiger partial charge on any atom is -1.00 e. The zero-order valence-electron chi connectivity index (χ0n) is 17.4. The topological polar surface area (TPSA) is 27.3 Å². The summed E-state index contributed by atoms with van der Waals surface area (Å²) in [5.41, 5.74) is 4.88. The number of halogens is 1. The maximum Gasteiger partial charge on any atom is 0.169 e. The van der Waals surface area contributed by atoms with Gasteiger partial charge >= 0.3 is 0 Å². The van der Waals surface area contributed by atoms with Gasteiger partial charge in [0.1, 0.15) is 7.05 Å². The van der Waals surface area contributed by atoms with Gasteiger partial charge in [-0.3, -0.25) is 0 Å². The number of hydrogen-bond donors (Lipinski definition) is 0. The average molecular weight is 514 g/mol. The summed E-state index contributed by atoms with van der Waals surface area (Å²) < 4.78 is 15.1. The highest BCUT2D eigenvalue weighted by molar-refractivity contribution is 6.08. The molecule has 2 aromatic heterocycles. The first-order valence-corrected chi connectivity index (χ1v) is 9.97. The summed E-state index contributed by atoms with van der Waals surface area (Å²) in [6, 6.07) is 19.5. The highest BCUT2D eigenvalue weighted by Crippen LogP contribution is 2.30. The number of pyridine rings is 1. The van der Waals surface area contributed by atoms with Crippen LogP contribution in [0.2, 0.25) is 0 Å². The van der Waals surface area contributed by atoms with Crippen LogP contribution < -0.4 is 28.5 Å². The summed E-state index contributed by atoms with van der Waals surface area (Å²) in [6.45, 7) is 2.75. The van der Waals surface area contributed by atoms with Crippen molar-refractivity contribution in [2.24, 2.45) is 7.05 Å². The van der Waals surface area contributed by atoms with E-state index < -0.39 is 0 Å². The molecule has 2 aromatic carbocycles. The molecule has 0 saturated carbocycles. The molecule has 4 aromatic rings. The Balaban J connectivity index is 0.00000256. The Morgan fingerprint density at radius 3 is 2.37 bits per heavy atom. The third-order valence-corrected chi connectivity index (χ3v) is 5.16. The third kappa shape index (κ3) is 5.09. The predicted octanol–water partition coefficient (Wildman–Crippen LogP) is 1.46. The van der Waals surface area contributed by atoms with Gasteiger partial charge in [0.05, 0.1) is 19.8 Å². The fraction of sp³-hybridized carbons (Fsp3) is 0.240. The zero-order valence-corrected chi connectivity index (χ0v) is 19.6.